The van der Waals surface area contributed by atoms with Crippen LogP contribution in [-0.4, -0.2) is 26.2 Å². The van der Waals surface area contributed by atoms with E-state index in [4.69, 9.17) is 4.74 Å². The van der Waals surface area contributed by atoms with Crippen LogP contribution in [0.1, 0.15) is 58.3 Å². The average molecular weight is 386 g/mol. The van der Waals surface area contributed by atoms with Crippen molar-refractivity contribution in [1.82, 2.24) is 5.32 Å². The molecule has 3 nitrogen and oxygen atoms in total. The zero-order valence-corrected chi connectivity index (χ0v) is 17.8. The predicted octanol–water partition coefficient (Wildman–Crippen LogP) is 6.23. The van der Waals surface area contributed by atoms with Gasteiger partial charge in [0.05, 0.1) is 6.61 Å². The SMILES string of the molecule is CC/C=C\C/C=C\C/C=C\C/C=C\C/C=C\C/C=C\CCC(=O)NCCOC. The molecule has 0 aliphatic carbocycles. The maximum absolute atomic E-state index is 11.5. The third-order valence-corrected chi connectivity index (χ3v) is 3.76. The van der Waals surface area contributed by atoms with Gasteiger partial charge in [-0.3, -0.25) is 4.79 Å². The highest BCUT2D eigenvalue weighted by Gasteiger charge is 1.97. The predicted molar refractivity (Wildman–Crippen MR) is 122 cm³/mol. The lowest BCUT2D eigenvalue weighted by atomic mass is 10.2. The van der Waals surface area contributed by atoms with E-state index in [2.05, 4.69) is 85.2 Å². The molecule has 0 radical (unpaired) electrons. The Morgan fingerprint density at radius 3 is 1.57 bits per heavy atom. The summed E-state index contributed by atoms with van der Waals surface area (Å²) in [6.07, 6.45) is 33.5. The molecule has 0 heterocycles. The lowest BCUT2D eigenvalue weighted by molar-refractivity contribution is -0.121. The van der Waals surface area contributed by atoms with E-state index >= 15 is 0 Å². The number of rotatable bonds is 17. The summed E-state index contributed by atoms with van der Waals surface area (Å²) in [5.74, 6) is 0.0802. The van der Waals surface area contributed by atoms with Crippen LogP contribution in [0.5, 0.6) is 0 Å². The van der Waals surface area contributed by atoms with E-state index in [1.54, 1.807) is 7.11 Å². The van der Waals surface area contributed by atoms with Crippen LogP contribution in [0.3, 0.4) is 0 Å². The lowest BCUT2D eigenvalue weighted by Crippen LogP contribution is -2.26. The van der Waals surface area contributed by atoms with E-state index in [0.29, 0.717) is 19.6 Å². The molecule has 0 atom stereocenters. The fourth-order valence-corrected chi connectivity index (χ4v) is 2.23. The fraction of sp³-hybridized carbons (Fsp3) is 0.480. The molecule has 1 N–H and O–H groups in total. The minimum absolute atomic E-state index is 0.0802. The highest BCUT2D eigenvalue weighted by atomic mass is 16.5. The molecule has 0 bridgehead atoms. The van der Waals surface area contributed by atoms with Gasteiger partial charge in [-0.25, -0.2) is 0 Å². The van der Waals surface area contributed by atoms with Gasteiger partial charge in [0, 0.05) is 20.1 Å². The summed E-state index contributed by atoms with van der Waals surface area (Å²) in [4.78, 5) is 11.5. The molecular weight excluding hydrogens is 346 g/mol. The number of carbonyl (C=O) groups is 1. The lowest BCUT2D eigenvalue weighted by Gasteiger charge is -2.02. The maximum Gasteiger partial charge on any atom is 0.220 e. The van der Waals surface area contributed by atoms with Crippen molar-refractivity contribution in [2.45, 2.75) is 58.3 Å². The van der Waals surface area contributed by atoms with Gasteiger partial charge >= 0.3 is 0 Å². The molecule has 0 spiro atoms. The quantitative estimate of drug-likeness (QED) is 0.238. The Labute approximate surface area is 172 Å². The summed E-state index contributed by atoms with van der Waals surface area (Å²) >= 11 is 0. The summed E-state index contributed by atoms with van der Waals surface area (Å²) in [6, 6.07) is 0. The Bertz CT molecular complexity index is 525. The van der Waals surface area contributed by atoms with Crippen molar-refractivity contribution < 1.29 is 9.53 Å². The Hall–Kier alpha value is -2.13. The standard InChI is InChI=1S/C25H39NO2/c1-3-4-5-6-7-8-9-10-11-12-13-14-15-16-17-18-19-20-21-22-25(27)26-23-24-28-2/h4-5,7-8,10-11,13-14,16-17,19-20H,3,6,9,12,15,18,21-24H2,1-2H3,(H,26,27)/b5-4-,8-7-,11-10-,14-13-,17-16-,20-19-. The smallest absolute Gasteiger partial charge is 0.220 e. The molecule has 0 saturated heterocycles. The minimum Gasteiger partial charge on any atom is -0.383 e. The van der Waals surface area contributed by atoms with Crippen LogP contribution >= 0.6 is 0 Å². The second-order valence-corrected chi connectivity index (χ2v) is 6.30. The molecule has 0 fully saturated rings. The van der Waals surface area contributed by atoms with Gasteiger partial charge in [-0.2, -0.15) is 0 Å². The van der Waals surface area contributed by atoms with Crippen molar-refractivity contribution in [2.75, 3.05) is 20.3 Å². The third kappa shape index (κ3) is 21.9. The molecule has 0 aromatic heterocycles. The zero-order valence-electron chi connectivity index (χ0n) is 17.8. The van der Waals surface area contributed by atoms with Gasteiger partial charge < -0.3 is 10.1 Å². The van der Waals surface area contributed by atoms with Crippen LogP contribution in [0.4, 0.5) is 0 Å². The molecule has 0 aromatic rings. The molecule has 156 valence electrons. The Morgan fingerprint density at radius 1 is 0.714 bits per heavy atom. The van der Waals surface area contributed by atoms with E-state index < -0.39 is 0 Å². The van der Waals surface area contributed by atoms with Crippen LogP contribution in [-0.2, 0) is 9.53 Å². The largest absolute Gasteiger partial charge is 0.383 e. The summed E-state index contributed by atoms with van der Waals surface area (Å²) < 4.78 is 4.89. The second kappa shape index (κ2) is 22.9. The van der Waals surface area contributed by atoms with Gasteiger partial charge in [0.25, 0.3) is 0 Å². The van der Waals surface area contributed by atoms with Gasteiger partial charge in [0.15, 0.2) is 0 Å². The summed E-state index contributed by atoms with van der Waals surface area (Å²) in [7, 11) is 1.63. The van der Waals surface area contributed by atoms with Crippen molar-refractivity contribution in [3.05, 3.63) is 72.9 Å². The van der Waals surface area contributed by atoms with Crippen molar-refractivity contribution in [1.29, 1.82) is 0 Å². The van der Waals surface area contributed by atoms with Crippen LogP contribution < -0.4 is 5.32 Å². The number of hydrogen-bond donors (Lipinski definition) is 1. The fourth-order valence-electron chi connectivity index (χ4n) is 2.23. The van der Waals surface area contributed by atoms with E-state index in [9.17, 15) is 4.79 Å². The zero-order chi connectivity index (χ0) is 20.5. The van der Waals surface area contributed by atoms with E-state index in [1.165, 1.54) is 0 Å². The first-order chi connectivity index (χ1) is 13.8. The van der Waals surface area contributed by atoms with Crippen molar-refractivity contribution in [3.63, 3.8) is 0 Å². The molecular formula is C25H39NO2. The second-order valence-electron chi connectivity index (χ2n) is 6.30. The number of allylic oxidation sites excluding steroid dienone is 12. The van der Waals surface area contributed by atoms with Gasteiger partial charge in [-0.05, 0) is 44.9 Å². The topological polar surface area (TPSA) is 38.3 Å². The molecule has 0 saturated carbocycles. The van der Waals surface area contributed by atoms with Crippen LogP contribution in [0.25, 0.3) is 0 Å². The minimum atomic E-state index is 0.0802. The van der Waals surface area contributed by atoms with Gasteiger partial charge in [-0.1, -0.05) is 79.8 Å². The third-order valence-electron chi connectivity index (χ3n) is 3.76. The first kappa shape index (κ1) is 25.9. The van der Waals surface area contributed by atoms with Crippen molar-refractivity contribution in [2.24, 2.45) is 0 Å². The molecule has 0 unspecified atom stereocenters. The highest BCUT2D eigenvalue weighted by molar-refractivity contribution is 5.75. The van der Waals surface area contributed by atoms with Crippen LogP contribution in [0.2, 0.25) is 0 Å². The molecule has 1 amide bonds. The van der Waals surface area contributed by atoms with Gasteiger partial charge in [0.1, 0.15) is 0 Å². The summed E-state index contributed by atoms with van der Waals surface area (Å²) in [6.45, 7) is 3.30. The number of hydrogen-bond acceptors (Lipinski definition) is 2. The molecule has 0 aliphatic rings. The Kier molecular flexibility index (Phi) is 21.2. The number of carbonyl (C=O) groups excluding carboxylic acids is 1. The average Bonchev–Trinajstić information content (AvgIpc) is 2.70. The molecule has 28 heavy (non-hydrogen) atoms. The molecule has 0 rings (SSSR count). The maximum atomic E-state index is 11.5. The normalized spacial score (nSPS) is 12.8. The van der Waals surface area contributed by atoms with Crippen LogP contribution in [0.15, 0.2) is 72.9 Å². The molecule has 3 heteroatoms. The van der Waals surface area contributed by atoms with Crippen molar-refractivity contribution >= 4 is 5.91 Å². The Morgan fingerprint density at radius 2 is 1.14 bits per heavy atom. The number of ether oxygens (including phenoxy) is 1. The number of methoxy groups -OCH3 is 1. The first-order valence-electron chi connectivity index (χ1n) is 10.5. The van der Waals surface area contributed by atoms with E-state index in [1.807, 2.05) is 0 Å². The van der Waals surface area contributed by atoms with E-state index in [0.717, 1.165) is 44.9 Å². The molecule has 0 aromatic carbocycles. The monoisotopic (exact) mass is 385 g/mol. The highest BCUT2D eigenvalue weighted by Crippen LogP contribution is 1.97. The summed E-state index contributed by atoms with van der Waals surface area (Å²) in [5.41, 5.74) is 0. The van der Waals surface area contributed by atoms with E-state index in [-0.39, 0.29) is 5.91 Å². The Balaban J connectivity index is 3.54. The molecule has 0 aliphatic heterocycles. The summed E-state index contributed by atoms with van der Waals surface area (Å²) in [5, 5.41) is 2.81. The number of amides is 1. The van der Waals surface area contributed by atoms with Gasteiger partial charge in [0.2, 0.25) is 5.91 Å². The first-order valence-corrected chi connectivity index (χ1v) is 10.5. The number of nitrogens with one attached hydrogen (secondary N) is 1. The van der Waals surface area contributed by atoms with Crippen LogP contribution in [0, 0.1) is 0 Å². The van der Waals surface area contributed by atoms with Crippen molar-refractivity contribution in [3.8, 4) is 0 Å². The van der Waals surface area contributed by atoms with Gasteiger partial charge in [-0.15, -0.1) is 0 Å².